The number of ether oxygens (including phenoxy) is 1. The minimum atomic E-state index is -0.599. The Hall–Kier alpha value is -2.57. The highest BCUT2D eigenvalue weighted by atomic mass is 35.5. The van der Waals surface area contributed by atoms with Crippen molar-refractivity contribution in [3.05, 3.63) is 94.0 Å². The number of rotatable bonds is 8. The fraction of sp³-hybridized carbons (Fsp3) is 0.269. The van der Waals surface area contributed by atoms with Gasteiger partial charge in [0, 0.05) is 59.6 Å². The highest BCUT2D eigenvalue weighted by Crippen LogP contribution is 2.21. The van der Waals surface area contributed by atoms with Gasteiger partial charge in [-0.25, -0.2) is 0 Å². The van der Waals surface area contributed by atoms with E-state index in [0.717, 1.165) is 36.9 Å². The van der Waals surface area contributed by atoms with Crippen LogP contribution in [0, 0.1) is 0 Å². The lowest BCUT2D eigenvalue weighted by Gasteiger charge is -2.36. The number of anilines is 1. The van der Waals surface area contributed by atoms with Crippen molar-refractivity contribution in [2.24, 2.45) is 0 Å². The van der Waals surface area contributed by atoms with Gasteiger partial charge < -0.3 is 14.7 Å². The first-order valence-corrected chi connectivity index (χ1v) is 11.7. The first kappa shape index (κ1) is 23.6. The van der Waals surface area contributed by atoms with Gasteiger partial charge >= 0.3 is 0 Å². The van der Waals surface area contributed by atoms with Crippen LogP contribution in [0.5, 0.6) is 5.75 Å². The number of hydrogen-bond acceptors (Lipinski definition) is 5. The topological polar surface area (TPSA) is 53.0 Å². The van der Waals surface area contributed by atoms with Crippen LogP contribution in [0.15, 0.2) is 72.8 Å². The molecular formula is C26H26Cl2N2O3. The van der Waals surface area contributed by atoms with E-state index >= 15 is 0 Å². The number of ketones is 1. The maximum Gasteiger partial charge on any atom is 0.193 e. The molecule has 3 aromatic rings. The van der Waals surface area contributed by atoms with Crippen LogP contribution in [-0.2, 0) is 0 Å². The van der Waals surface area contributed by atoms with E-state index in [2.05, 4.69) is 15.9 Å². The zero-order valence-electron chi connectivity index (χ0n) is 18.2. The Bertz CT molecular complexity index is 1070. The minimum Gasteiger partial charge on any atom is -0.491 e. The van der Waals surface area contributed by atoms with Gasteiger partial charge in [0.15, 0.2) is 5.78 Å². The molecule has 0 unspecified atom stereocenters. The van der Waals surface area contributed by atoms with E-state index in [9.17, 15) is 9.90 Å². The molecule has 0 spiro atoms. The maximum atomic E-state index is 12.5. The molecule has 7 heteroatoms. The van der Waals surface area contributed by atoms with E-state index in [1.165, 1.54) is 0 Å². The molecular weight excluding hydrogens is 459 g/mol. The highest BCUT2D eigenvalue weighted by molar-refractivity contribution is 6.31. The van der Waals surface area contributed by atoms with E-state index in [0.29, 0.717) is 28.4 Å². The molecule has 1 atom stereocenters. The number of carbonyl (C=O) groups is 1. The Morgan fingerprint density at radius 2 is 1.52 bits per heavy atom. The zero-order valence-corrected chi connectivity index (χ0v) is 19.7. The van der Waals surface area contributed by atoms with Gasteiger partial charge in [-0.3, -0.25) is 9.69 Å². The summed E-state index contributed by atoms with van der Waals surface area (Å²) in [5.41, 5.74) is 2.28. The highest BCUT2D eigenvalue weighted by Gasteiger charge is 2.20. The predicted molar refractivity (Wildman–Crippen MR) is 133 cm³/mol. The molecule has 172 valence electrons. The van der Waals surface area contributed by atoms with Gasteiger partial charge in [0.1, 0.15) is 18.5 Å². The molecule has 0 amide bonds. The van der Waals surface area contributed by atoms with Crippen LogP contribution in [-0.4, -0.2) is 61.2 Å². The van der Waals surface area contributed by atoms with Crippen LogP contribution in [0.4, 0.5) is 5.69 Å². The van der Waals surface area contributed by atoms with Crippen LogP contribution >= 0.6 is 23.2 Å². The number of halogens is 2. The first-order valence-electron chi connectivity index (χ1n) is 10.9. The summed E-state index contributed by atoms with van der Waals surface area (Å²) in [5.74, 6) is 0.544. The standard InChI is InChI=1S/C26H26Cl2N2O3/c27-21-8-4-19(5-9-21)26(32)20-6-10-25(11-7-20)33-18-24(31)17-29-12-14-30(15-13-29)23-3-1-2-22(28)16-23/h1-11,16,24,31H,12-15,17-18H2/t24-/m0/s1. The normalized spacial score (nSPS) is 15.3. The van der Waals surface area contributed by atoms with Crippen molar-refractivity contribution in [2.45, 2.75) is 6.10 Å². The van der Waals surface area contributed by atoms with Crippen molar-refractivity contribution < 1.29 is 14.6 Å². The molecule has 0 radical (unpaired) electrons. The third-order valence-electron chi connectivity index (χ3n) is 5.68. The molecule has 1 aliphatic rings. The summed E-state index contributed by atoms with van der Waals surface area (Å²) in [5, 5.41) is 11.8. The predicted octanol–water partition coefficient (Wildman–Crippen LogP) is 4.79. The maximum absolute atomic E-state index is 12.5. The van der Waals surface area contributed by atoms with Gasteiger partial charge in [0.25, 0.3) is 0 Å². The van der Waals surface area contributed by atoms with Crippen molar-refractivity contribution in [3.63, 3.8) is 0 Å². The van der Waals surface area contributed by atoms with Gasteiger partial charge in [-0.05, 0) is 66.7 Å². The summed E-state index contributed by atoms with van der Waals surface area (Å²) in [6.07, 6.45) is -0.599. The van der Waals surface area contributed by atoms with Crippen molar-refractivity contribution >= 4 is 34.7 Å². The largest absolute Gasteiger partial charge is 0.491 e. The Kier molecular flexibility index (Phi) is 7.89. The van der Waals surface area contributed by atoms with E-state index in [1.54, 1.807) is 48.5 Å². The zero-order chi connectivity index (χ0) is 23.2. The summed E-state index contributed by atoms with van der Waals surface area (Å²) in [4.78, 5) is 17.1. The second-order valence-electron chi connectivity index (χ2n) is 8.09. The van der Waals surface area contributed by atoms with Crippen LogP contribution in [0.1, 0.15) is 15.9 Å². The summed E-state index contributed by atoms with van der Waals surface area (Å²) in [6, 6.07) is 21.7. The lowest BCUT2D eigenvalue weighted by Crippen LogP contribution is -2.49. The summed E-state index contributed by atoms with van der Waals surface area (Å²) >= 11 is 12.0. The molecule has 0 saturated carbocycles. The molecule has 1 heterocycles. The molecule has 1 fully saturated rings. The Labute approximate surface area is 204 Å². The van der Waals surface area contributed by atoms with Gasteiger partial charge in [0.2, 0.25) is 0 Å². The molecule has 1 aliphatic heterocycles. The Morgan fingerprint density at radius 3 is 2.15 bits per heavy atom. The van der Waals surface area contributed by atoms with Crippen LogP contribution in [0.25, 0.3) is 0 Å². The fourth-order valence-electron chi connectivity index (χ4n) is 3.88. The van der Waals surface area contributed by atoms with Crippen LogP contribution in [0.2, 0.25) is 10.0 Å². The van der Waals surface area contributed by atoms with Crippen LogP contribution in [0.3, 0.4) is 0 Å². The van der Waals surface area contributed by atoms with Gasteiger partial charge in [0.05, 0.1) is 0 Å². The number of benzene rings is 3. The monoisotopic (exact) mass is 484 g/mol. The average molecular weight is 485 g/mol. The SMILES string of the molecule is O=C(c1ccc(Cl)cc1)c1ccc(OC[C@@H](O)CN2CCN(c3cccc(Cl)c3)CC2)cc1. The number of nitrogens with zero attached hydrogens (tertiary/aromatic N) is 2. The third kappa shape index (κ3) is 6.49. The van der Waals surface area contributed by atoms with E-state index in [-0.39, 0.29) is 12.4 Å². The van der Waals surface area contributed by atoms with Crippen molar-refractivity contribution in [3.8, 4) is 5.75 Å². The third-order valence-corrected chi connectivity index (χ3v) is 6.17. The number of aliphatic hydroxyl groups excluding tert-OH is 1. The smallest absolute Gasteiger partial charge is 0.193 e. The lowest BCUT2D eigenvalue weighted by molar-refractivity contribution is 0.0663. The molecule has 5 nitrogen and oxygen atoms in total. The second-order valence-corrected chi connectivity index (χ2v) is 8.97. The number of carbonyl (C=O) groups excluding carboxylic acids is 1. The molecule has 0 bridgehead atoms. The molecule has 0 aromatic heterocycles. The van der Waals surface area contributed by atoms with Gasteiger partial charge in [-0.2, -0.15) is 0 Å². The molecule has 4 rings (SSSR count). The molecule has 1 saturated heterocycles. The number of hydrogen-bond donors (Lipinski definition) is 1. The van der Waals surface area contributed by atoms with Crippen LogP contribution < -0.4 is 9.64 Å². The first-order chi connectivity index (χ1) is 16.0. The van der Waals surface area contributed by atoms with E-state index in [4.69, 9.17) is 27.9 Å². The number of aliphatic hydroxyl groups is 1. The average Bonchev–Trinajstić information content (AvgIpc) is 2.84. The molecule has 1 N–H and O–H groups in total. The quantitative estimate of drug-likeness (QED) is 0.466. The fourth-order valence-corrected chi connectivity index (χ4v) is 4.19. The van der Waals surface area contributed by atoms with E-state index in [1.807, 2.05) is 18.2 Å². The lowest BCUT2D eigenvalue weighted by atomic mass is 10.0. The van der Waals surface area contributed by atoms with Gasteiger partial charge in [-0.1, -0.05) is 29.3 Å². The van der Waals surface area contributed by atoms with Gasteiger partial charge in [-0.15, -0.1) is 0 Å². The van der Waals surface area contributed by atoms with Crippen molar-refractivity contribution in [2.75, 3.05) is 44.2 Å². The second kappa shape index (κ2) is 11.0. The number of β-amino-alcohol motifs (C(OH)–C–C–N with tert-alkyl or cyclic N) is 1. The Morgan fingerprint density at radius 1 is 0.879 bits per heavy atom. The summed E-state index contributed by atoms with van der Waals surface area (Å²) < 4.78 is 5.74. The number of piperazine rings is 1. The summed E-state index contributed by atoms with van der Waals surface area (Å²) in [6.45, 7) is 4.25. The van der Waals surface area contributed by atoms with Crippen molar-refractivity contribution in [1.29, 1.82) is 0 Å². The Balaban J connectivity index is 1.22. The van der Waals surface area contributed by atoms with E-state index < -0.39 is 6.10 Å². The summed E-state index contributed by atoms with van der Waals surface area (Å²) in [7, 11) is 0. The molecule has 3 aromatic carbocycles. The molecule has 0 aliphatic carbocycles. The van der Waals surface area contributed by atoms with Crippen molar-refractivity contribution in [1.82, 2.24) is 4.90 Å². The molecule has 33 heavy (non-hydrogen) atoms. The minimum absolute atomic E-state index is 0.0739.